The van der Waals surface area contributed by atoms with Gasteiger partial charge in [-0.1, -0.05) is 0 Å². The predicted molar refractivity (Wildman–Crippen MR) is 96.5 cm³/mol. The summed E-state index contributed by atoms with van der Waals surface area (Å²) in [5, 5.41) is 4.50. The zero-order valence-corrected chi connectivity index (χ0v) is 15.5. The first-order chi connectivity index (χ1) is 12.3. The first kappa shape index (κ1) is 18.8. The average molecular weight is 399 g/mol. The van der Waals surface area contributed by atoms with Crippen molar-refractivity contribution in [2.24, 2.45) is 0 Å². The molecule has 1 N–H and O–H groups in total. The molecule has 0 saturated carbocycles. The minimum atomic E-state index is -4.38. The van der Waals surface area contributed by atoms with E-state index < -0.39 is 11.7 Å². The molecule has 4 nitrogen and oxygen atoms in total. The number of rotatable bonds is 6. The predicted octanol–water partition coefficient (Wildman–Crippen LogP) is 4.37. The van der Waals surface area contributed by atoms with Crippen molar-refractivity contribution < 1.29 is 18.0 Å². The van der Waals surface area contributed by atoms with Gasteiger partial charge in [0.15, 0.2) is 0 Å². The average Bonchev–Trinajstić information content (AvgIpc) is 3.17. The molecule has 0 bridgehead atoms. The normalized spacial score (nSPS) is 11.8. The van der Waals surface area contributed by atoms with Crippen LogP contribution < -0.4 is 5.32 Å². The molecular weight excluding hydrogens is 383 g/mol. The van der Waals surface area contributed by atoms with Gasteiger partial charge in [0.25, 0.3) is 0 Å². The van der Waals surface area contributed by atoms with Gasteiger partial charge >= 0.3 is 6.18 Å². The van der Waals surface area contributed by atoms with Crippen molar-refractivity contribution in [3.05, 3.63) is 44.9 Å². The number of nitrogens with zero attached hydrogens (tertiary/aromatic N) is 2. The van der Waals surface area contributed by atoms with Crippen molar-refractivity contribution in [1.82, 2.24) is 15.3 Å². The number of halogens is 3. The third-order valence-electron chi connectivity index (χ3n) is 3.69. The fourth-order valence-electron chi connectivity index (χ4n) is 2.41. The van der Waals surface area contributed by atoms with Gasteiger partial charge in [-0.15, -0.1) is 22.7 Å². The summed E-state index contributed by atoms with van der Waals surface area (Å²) in [5.74, 6) is -0.0959. The maximum absolute atomic E-state index is 12.7. The standard InChI is InChI=1S/C17H16F3N3OS2/c1-10-22-9-12(25-10)6-7-21-15(24)4-5-16-23-13-8-11(17(18,19)20)2-3-14(13)26-16/h2-3,8-9H,4-7H2,1H3,(H,21,24). The van der Waals surface area contributed by atoms with Crippen LogP contribution in [-0.4, -0.2) is 22.4 Å². The molecule has 3 aromatic rings. The van der Waals surface area contributed by atoms with E-state index in [-0.39, 0.29) is 12.3 Å². The van der Waals surface area contributed by atoms with Gasteiger partial charge in [-0.05, 0) is 25.1 Å². The van der Waals surface area contributed by atoms with Gasteiger partial charge < -0.3 is 5.32 Å². The van der Waals surface area contributed by atoms with E-state index >= 15 is 0 Å². The minimum Gasteiger partial charge on any atom is -0.356 e. The highest BCUT2D eigenvalue weighted by molar-refractivity contribution is 7.18. The Hall–Kier alpha value is -2.00. The lowest BCUT2D eigenvalue weighted by atomic mass is 10.2. The fraction of sp³-hybridized carbons (Fsp3) is 0.353. The van der Waals surface area contributed by atoms with Crippen molar-refractivity contribution in [3.8, 4) is 0 Å². The third-order valence-corrected chi connectivity index (χ3v) is 5.76. The van der Waals surface area contributed by atoms with Crippen LogP contribution in [0.25, 0.3) is 10.2 Å². The van der Waals surface area contributed by atoms with Crippen LogP contribution in [0.5, 0.6) is 0 Å². The van der Waals surface area contributed by atoms with Crippen molar-refractivity contribution in [1.29, 1.82) is 0 Å². The molecule has 1 aromatic carbocycles. The molecule has 0 aliphatic heterocycles. The fourth-order valence-corrected chi connectivity index (χ4v) is 4.15. The molecule has 9 heteroatoms. The number of aromatic nitrogens is 2. The number of nitrogens with one attached hydrogen (secondary N) is 1. The monoisotopic (exact) mass is 399 g/mol. The first-order valence-corrected chi connectivity index (χ1v) is 9.59. The maximum Gasteiger partial charge on any atom is 0.416 e. The van der Waals surface area contributed by atoms with E-state index in [1.165, 1.54) is 17.4 Å². The van der Waals surface area contributed by atoms with Crippen LogP contribution in [0.4, 0.5) is 13.2 Å². The van der Waals surface area contributed by atoms with Gasteiger partial charge in [0.2, 0.25) is 5.91 Å². The van der Waals surface area contributed by atoms with Gasteiger partial charge in [0, 0.05) is 36.9 Å². The van der Waals surface area contributed by atoms with E-state index in [0.29, 0.717) is 28.2 Å². The number of thiazole rings is 2. The molecule has 0 radical (unpaired) electrons. The topological polar surface area (TPSA) is 54.9 Å². The van der Waals surface area contributed by atoms with Crippen molar-refractivity contribution >= 4 is 38.8 Å². The van der Waals surface area contributed by atoms with Gasteiger partial charge in [0.1, 0.15) is 0 Å². The highest BCUT2D eigenvalue weighted by Crippen LogP contribution is 2.33. The van der Waals surface area contributed by atoms with E-state index in [1.807, 2.05) is 13.1 Å². The Morgan fingerprint density at radius 3 is 2.73 bits per heavy atom. The van der Waals surface area contributed by atoms with Crippen molar-refractivity contribution in [2.45, 2.75) is 32.4 Å². The SMILES string of the molecule is Cc1ncc(CCNC(=O)CCc2nc3cc(C(F)(F)F)ccc3s2)s1. The Kier molecular flexibility index (Phi) is 5.57. The highest BCUT2D eigenvalue weighted by atomic mass is 32.1. The lowest BCUT2D eigenvalue weighted by Gasteiger charge is -2.04. The Balaban J connectivity index is 1.51. The number of fused-ring (bicyclic) bond motifs is 1. The van der Waals surface area contributed by atoms with E-state index in [4.69, 9.17) is 0 Å². The molecule has 0 atom stereocenters. The third kappa shape index (κ3) is 4.79. The molecule has 0 unspecified atom stereocenters. The van der Waals surface area contributed by atoms with Gasteiger partial charge in [-0.3, -0.25) is 4.79 Å². The van der Waals surface area contributed by atoms with Crippen LogP contribution in [0.3, 0.4) is 0 Å². The zero-order chi connectivity index (χ0) is 18.7. The largest absolute Gasteiger partial charge is 0.416 e. The second-order valence-corrected chi connectivity index (χ2v) is 8.17. The summed E-state index contributed by atoms with van der Waals surface area (Å²) in [4.78, 5) is 21.4. The van der Waals surface area contributed by atoms with Crippen LogP contribution in [0.2, 0.25) is 0 Å². The molecule has 1 amide bonds. The summed E-state index contributed by atoms with van der Waals surface area (Å²) in [6.45, 7) is 2.47. The second kappa shape index (κ2) is 7.71. The number of alkyl halides is 3. The number of amides is 1. The quantitative estimate of drug-likeness (QED) is 0.670. The molecule has 2 heterocycles. The molecule has 0 saturated heterocycles. The first-order valence-electron chi connectivity index (χ1n) is 7.96. The lowest BCUT2D eigenvalue weighted by Crippen LogP contribution is -2.25. The van der Waals surface area contributed by atoms with Gasteiger partial charge in [-0.25, -0.2) is 9.97 Å². The van der Waals surface area contributed by atoms with E-state index in [1.54, 1.807) is 11.3 Å². The number of carbonyl (C=O) groups excluding carboxylic acids is 1. The smallest absolute Gasteiger partial charge is 0.356 e. The van der Waals surface area contributed by atoms with Crippen LogP contribution in [0.1, 0.15) is 26.9 Å². The van der Waals surface area contributed by atoms with Crippen LogP contribution in [0, 0.1) is 6.92 Å². The molecule has 0 aliphatic rings. The van der Waals surface area contributed by atoms with E-state index in [9.17, 15) is 18.0 Å². The summed E-state index contributed by atoms with van der Waals surface area (Å²) in [5.41, 5.74) is -0.390. The van der Waals surface area contributed by atoms with Crippen molar-refractivity contribution in [2.75, 3.05) is 6.54 Å². The summed E-state index contributed by atoms with van der Waals surface area (Å²) in [6.07, 6.45) is -1.17. The molecule has 2 aromatic heterocycles. The van der Waals surface area contributed by atoms with Crippen LogP contribution >= 0.6 is 22.7 Å². The van der Waals surface area contributed by atoms with E-state index in [2.05, 4.69) is 15.3 Å². The number of carbonyl (C=O) groups is 1. The summed E-state index contributed by atoms with van der Waals surface area (Å²) >= 11 is 2.92. The van der Waals surface area contributed by atoms with Crippen molar-refractivity contribution in [3.63, 3.8) is 0 Å². The molecule has 0 fully saturated rings. The van der Waals surface area contributed by atoms with Crippen LogP contribution in [-0.2, 0) is 23.8 Å². The highest BCUT2D eigenvalue weighted by Gasteiger charge is 2.30. The number of hydrogen-bond donors (Lipinski definition) is 1. The molecule has 26 heavy (non-hydrogen) atoms. The molecule has 3 rings (SSSR count). The minimum absolute atomic E-state index is 0.0959. The summed E-state index contributed by atoms with van der Waals surface area (Å²) < 4.78 is 38.9. The van der Waals surface area contributed by atoms with E-state index in [0.717, 1.165) is 28.4 Å². The second-order valence-electron chi connectivity index (χ2n) is 5.73. The molecule has 138 valence electrons. The molecular formula is C17H16F3N3OS2. The number of aryl methyl sites for hydroxylation is 2. The zero-order valence-electron chi connectivity index (χ0n) is 13.9. The molecule has 0 aliphatic carbocycles. The summed E-state index contributed by atoms with van der Waals surface area (Å²) in [7, 11) is 0. The Labute approximate surface area is 156 Å². The Morgan fingerprint density at radius 1 is 1.23 bits per heavy atom. The Bertz CT molecular complexity index is 918. The number of hydrogen-bond acceptors (Lipinski definition) is 5. The Morgan fingerprint density at radius 2 is 2.04 bits per heavy atom. The van der Waals surface area contributed by atoms with Crippen LogP contribution in [0.15, 0.2) is 24.4 Å². The maximum atomic E-state index is 12.7. The lowest BCUT2D eigenvalue weighted by molar-refractivity contribution is -0.137. The molecule has 0 spiro atoms. The summed E-state index contributed by atoms with van der Waals surface area (Å²) in [6, 6.07) is 3.53. The van der Waals surface area contributed by atoms with Gasteiger partial charge in [0.05, 0.1) is 25.8 Å². The number of benzene rings is 1. The van der Waals surface area contributed by atoms with Gasteiger partial charge in [-0.2, -0.15) is 13.2 Å².